The van der Waals surface area contributed by atoms with E-state index in [2.05, 4.69) is 17.6 Å². The number of carbonyl (C=O) groups is 2. The second kappa shape index (κ2) is 13.7. The number of nitrogens with zero attached hydrogens (tertiary/aromatic N) is 1. The molecule has 0 aliphatic carbocycles. The van der Waals surface area contributed by atoms with Gasteiger partial charge in [-0.05, 0) is 34.1 Å². The molecule has 35 heavy (non-hydrogen) atoms. The molecule has 0 aromatic heterocycles. The van der Waals surface area contributed by atoms with Crippen LogP contribution in [0.2, 0.25) is 0 Å². The third kappa shape index (κ3) is 7.67. The van der Waals surface area contributed by atoms with Gasteiger partial charge in [0.25, 0.3) is 5.69 Å². The predicted molar refractivity (Wildman–Crippen MR) is 137 cm³/mol. The number of nitro groups is 1. The molecule has 2 rings (SSSR count). The number of rotatable bonds is 13. The van der Waals surface area contributed by atoms with E-state index in [-0.39, 0.29) is 41.0 Å². The van der Waals surface area contributed by atoms with Crippen molar-refractivity contribution in [1.82, 2.24) is 10.6 Å². The Labute approximate surface area is 208 Å². The van der Waals surface area contributed by atoms with Crippen LogP contribution in [0.3, 0.4) is 0 Å². The van der Waals surface area contributed by atoms with E-state index < -0.39 is 16.8 Å². The summed E-state index contributed by atoms with van der Waals surface area (Å²) in [4.78, 5) is 37.9. The first-order valence-electron chi connectivity index (χ1n) is 12.6. The second-order valence-electron chi connectivity index (χ2n) is 9.34. The normalized spacial score (nSPS) is 15.8. The first-order valence-corrected chi connectivity index (χ1v) is 12.6. The minimum Gasteiger partial charge on any atom is -0.462 e. The number of hydrogen-bond donors (Lipinski definition) is 2. The van der Waals surface area contributed by atoms with Gasteiger partial charge in [-0.15, -0.1) is 0 Å². The Kier molecular flexibility index (Phi) is 11.0. The van der Waals surface area contributed by atoms with E-state index in [0.29, 0.717) is 11.4 Å². The van der Waals surface area contributed by atoms with Gasteiger partial charge < -0.3 is 15.4 Å². The minimum atomic E-state index is -0.918. The lowest BCUT2D eigenvalue weighted by Crippen LogP contribution is -2.39. The Morgan fingerprint density at radius 1 is 1.03 bits per heavy atom. The van der Waals surface area contributed by atoms with E-state index in [1.807, 2.05) is 13.8 Å². The molecule has 1 aliphatic heterocycles. The van der Waals surface area contributed by atoms with E-state index in [9.17, 15) is 19.7 Å². The van der Waals surface area contributed by atoms with Gasteiger partial charge in [-0.1, -0.05) is 63.6 Å². The van der Waals surface area contributed by atoms with Crippen LogP contribution in [0.15, 0.2) is 46.8 Å². The van der Waals surface area contributed by atoms with Gasteiger partial charge in [-0.2, -0.15) is 0 Å². The SMILES string of the molecule is CCCCCCCCCOC(=O)C1=C(C)NC(C)=C(C(=O)NC(C)C)C1c1ccccc1[N+](=O)[O-]. The largest absolute Gasteiger partial charge is 0.462 e. The molecule has 8 heteroatoms. The summed E-state index contributed by atoms with van der Waals surface area (Å²) in [5, 5.41) is 17.8. The number of nitrogens with one attached hydrogen (secondary N) is 2. The molecule has 1 amide bonds. The zero-order chi connectivity index (χ0) is 26.0. The summed E-state index contributed by atoms with van der Waals surface area (Å²) in [5.74, 6) is -1.86. The Hall–Kier alpha value is -3.16. The molecule has 1 aliphatic rings. The number of unbranched alkanes of at least 4 members (excludes halogenated alkanes) is 6. The van der Waals surface area contributed by atoms with E-state index in [4.69, 9.17) is 4.74 Å². The van der Waals surface area contributed by atoms with E-state index in [1.165, 1.54) is 31.7 Å². The smallest absolute Gasteiger partial charge is 0.336 e. The molecule has 1 aromatic carbocycles. The Balaban J connectivity index is 2.33. The predicted octanol–water partition coefficient (Wildman–Crippen LogP) is 5.65. The van der Waals surface area contributed by atoms with Gasteiger partial charge >= 0.3 is 5.97 Å². The number of para-hydroxylation sites is 1. The first-order chi connectivity index (χ1) is 16.7. The average Bonchev–Trinajstić information content (AvgIpc) is 2.79. The molecule has 0 bridgehead atoms. The summed E-state index contributed by atoms with van der Waals surface area (Å²) < 4.78 is 5.62. The zero-order valence-corrected chi connectivity index (χ0v) is 21.6. The van der Waals surface area contributed by atoms with Crippen LogP contribution in [0.5, 0.6) is 0 Å². The van der Waals surface area contributed by atoms with Crippen molar-refractivity contribution in [3.05, 3.63) is 62.5 Å². The van der Waals surface area contributed by atoms with Gasteiger partial charge in [-0.25, -0.2) is 4.79 Å². The monoisotopic (exact) mass is 485 g/mol. The molecular weight excluding hydrogens is 446 g/mol. The van der Waals surface area contributed by atoms with Crippen LogP contribution in [0.25, 0.3) is 0 Å². The fourth-order valence-electron chi connectivity index (χ4n) is 4.42. The van der Waals surface area contributed by atoms with Crippen molar-refractivity contribution in [2.24, 2.45) is 0 Å². The summed E-state index contributed by atoms with van der Waals surface area (Å²) in [7, 11) is 0. The maximum Gasteiger partial charge on any atom is 0.336 e. The number of hydrogen-bond acceptors (Lipinski definition) is 6. The number of nitro benzene ring substituents is 1. The van der Waals surface area contributed by atoms with Gasteiger partial charge in [0, 0.05) is 34.6 Å². The molecule has 0 saturated heterocycles. The average molecular weight is 486 g/mol. The lowest BCUT2D eigenvalue weighted by atomic mass is 9.79. The number of carbonyl (C=O) groups excluding carboxylic acids is 2. The van der Waals surface area contributed by atoms with Crippen molar-refractivity contribution in [1.29, 1.82) is 0 Å². The van der Waals surface area contributed by atoms with E-state index in [0.717, 1.165) is 19.3 Å². The first kappa shape index (κ1) is 28.1. The number of dihydropyridines is 1. The maximum atomic E-state index is 13.3. The molecule has 0 radical (unpaired) electrons. The van der Waals surface area contributed by atoms with Crippen molar-refractivity contribution >= 4 is 17.6 Å². The Bertz CT molecular complexity index is 981. The molecule has 0 fully saturated rings. The van der Waals surface area contributed by atoms with Crippen molar-refractivity contribution in [3.8, 4) is 0 Å². The maximum absolute atomic E-state index is 13.3. The molecule has 1 heterocycles. The highest BCUT2D eigenvalue weighted by Crippen LogP contribution is 2.42. The molecule has 192 valence electrons. The molecule has 1 aromatic rings. The van der Waals surface area contributed by atoms with Gasteiger partial charge in [0.05, 0.1) is 23.0 Å². The summed E-state index contributed by atoms with van der Waals surface area (Å²) >= 11 is 0. The van der Waals surface area contributed by atoms with Crippen molar-refractivity contribution in [3.63, 3.8) is 0 Å². The van der Waals surface area contributed by atoms with Crippen molar-refractivity contribution in [2.75, 3.05) is 6.61 Å². The van der Waals surface area contributed by atoms with Gasteiger partial charge in [0.15, 0.2) is 0 Å². The van der Waals surface area contributed by atoms with Crippen LogP contribution >= 0.6 is 0 Å². The Morgan fingerprint density at radius 2 is 1.63 bits per heavy atom. The molecule has 2 N–H and O–H groups in total. The fourth-order valence-corrected chi connectivity index (χ4v) is 4.42. The van der Waals surface area contributed by atoms with Gasteiger partial charge in [0.1, 0.15) is 0 Å². The standard InChI is InChI=1S/C27H39N3O5/c1-6-7-8-9-10-11-14-17-35-27(32)24-20(5)29-19(4)23(26(31)28-18(2)3)25(24)21-15-12-13-16-22(21)30(33)34/h12-13,15-16,18,25,29H,6-11,14,17H2,1-5H3,(H,28,31). The molecule has 1 atom stereocenters. The van der Waals surface area contributed by atoms with E-state index >= 15 is 0 Å². The van der Waals surface area contributed by atoms with Crippen LogP contribution < -0.4 is 10.6 Å². The lowest BCUT2D eigenvalue weighted by molar-refractivity contribution is -0.385. The summed E-state index contributed by atoms with van der Waals surface area (Å²) in [6.07, 6.45) is 7.66. The van der Waals surface area contributed by atoms with Crippen LogP contribution in [0.4, 0.5) is 5.69 Å². The highest BCUT2D eigenvalue weighted by atomic mass is 16.6. The summed E-state index contributed by atoms with van der Waals surface area (Å²) in [6.45, 7) is 9.59. The Morgan fingerprint density at radius 3 is 2.26 bits per heavy atom. The van der Waals surface area contributed by atoms with Crippen LogP contribution in [0.1, 0.15) is 91.0 Å². The zero-order valence-electron chi connectivity index (χ0n) is 21.6. The lowest BCUT2D eigenvalue weighted by Gasteiger charge is -2.31. The molecule has 1 unspecified atom stereocenters. The molecule has 0 spiro atoms. The number of esters is 1. The highest BCUT2D eigenvalue weighted by Gasteiger charge is 2.40. The van der Waals surface area contributed by atoms with Crippen LogP contribution in [-0.2, 0) is 14.3 Å². The fraction of sp³-hybridized carbons (Fsp3) is 0.556. The topological polar surface area (TPSA) is 111 Å². The van der Waals surface area contributed by atoms with Gasteiger partial charge in [-0.3, -0.25) is 14.9 Å². The minimum absolute atomic E-state index is 0.144. The highest BCUT2D eigenvalue weighted by molar-refractivity contribution is 6.02. The molecular formula is C27H39N3O5. The number of allylic oxidation sites excluding steroid dienone is 2. The number of benzene rings is 1. The van der Waals surface area contributed by atoms with Crippen molar-refractivity contribution in [2.45, 2.75) is 91.5 Å². The quantitative estimate of drug-likeness (QED) is 0.162. The third-order valence-electron chi connectivity index (χ3n) is 6.07. The number of amides is 1. The van der Waals surface area contributed by atoms with Crippen molar-refractivity contribution < 1.29 is 19.2 Å². The second-order valence-corrected chi connectivity index (χ2v) is 9.34. The molecule has 0 saturated carbocycles. The van der Waals surface area contributed by atoms with Gasteiger partial charge in [0.2, 0.25) is 5.91 Å². The van der Waals surface area contributed by atoms with Crippen LogP contribution in [-0.4, -0.2) is 29.4 Å². The summed E-state index contributed by atoms with van der Waals surface area (Å²) in [5.41, 5.74) is 1.72. The third-order valence-corrected chi connectivity index (χ3v) is 6.07. The van der Waals surface area contributed by atoms with E-state index in [1.54, 1.807) is 32.0 Å². The summed E-state index contributed by atoms with van der Waals surface area (Å²) in [6, 6.07) is 6.09. The van der Waals surface area contributed by atoms with Crippen LogP contribution in [0, 0.1) is 10.1 Å². The number of ether oxygens (including phenoxy) is 1. The molecule has 8 nitrogen and oxygen atoms in total.